The van der Waals surface area contributed by atoms with Crippen LogP contribution in [0.15, 0.2) is 34.4 Å². The second kappa shape index (κ2) is 6.51. The minimum Gasteiger partial charge on any atom is -0.504 e. The fraction of sp³-hybridized carbons (Fsp3) is 0.333. The molecule has 7 nitrogen and oxygen atoms in total. The predicted octanol–water partition coefficient (Wildman–Crippen LogP) is 3.03. The number of hydrogen-bond acceptors (Lipinski definition) is 5. The van der Waals surface area contributed by atoms with Gasteiger partial charge in [0, 0.05) is 29.0 Å². The molecule has 0 radical (unpaired) electrons. The Kier molecular flexibility index (Phi) is 4.39. The van der Waals surface area contributed by atoms with Crippen LogP contribution >= 0.6 is 0 Å². The number of nitrogens with zero attached hydrogens (tertiary/aromatic N) is 2. The highest BCUT2D eigenvalue weighted by Gasteiger charge is 2.26. The highest BCUT2D eigenvalue weighted by atomic mass is 16.5. The van der Waals surface area contributed by atoms with E-state index >= 15 is 0 Å². The van der Waals surface area contributed by atoms with Crippen molar-refractivity contribution in [2.24, 2.45) is 5.18 Å². The van der Waals surface area contributed by atoms with Crippen molar-refractivity contribution in [1.29, 1.82) is 0 Å². The van der Waals surface area contributed by atoms with Gasteiger partial charge in [0.05, 0.1) is 12.3 Å². The molecule has 7 heteroatoms. The summed E-state index contributed by atoms with van der Waals surface area (Å²) in [5, 5.41) is 12.5. The average Bonchev–Trinajstić information content (AvgIpc) is 2.61. The second-order valence-electron chi connectivity index (χ2n) is 5.92. The molecule has 0 fully saturated rings. The van der Waals surface area contributed by atoms with E-state index in [1.807, 2.05) is 18.4 Å². The molecule has 1 amide bonds. The van der Waals surface area contributed by atoms with Crippen molar-refractivity contribution in [1.82, 2.24) is 4.57 Å². The van der Waals surface area contributed by atoms with Crippen molar-refractivity contribution in [3.05, 3.63) is 50.7 Å². The molecule has 0 aliphatic carbocycles. The second-order valence-corrected chi connectivity index (χ2v) is 5.92. The number of nitroso groups, excluding NO2 is 1. The number of amides is 1. The van der Waals surface area contributed by atoms with E-state index in [0.717, 1.165) is 12.0 Å². The zero-order chi connectivity index (χ0) is 18.1. The Morgan fingerprint density at radius 1 is 1.36 bits per heavy atom. The van der Waals surface area contributed by atoms with Crippen LogP contribution in [0.1, 0.15) is 42.2 Å². The molecule has 0 bridgehead atoms. The number of benzene rings is 1. The summed E-state index contributed by atoms with van der Waals surface area (Å²) in [5.41, 5.74) is 1.46. The molecular weight excluding hydrogens is 324 g/mol. The van der Waals surface area contributed by atoms with E-state index in [2.05, 4.69) is 5.18 Å². The van der Waals surface area contributed by atoms with Gasteiger partial charge in [0.2, 0.25) is 0 Å². The summed E-state index contributed by atoms with van der Waals surface area (Å²) in [4.78, 5) is 34.3. The Balaban J connectivity index is 2.24. The first-order valence-corrected chi connectivity index (χ1v) is 8.13. The van der Waals surface area contributed by atoms with Crippen LogP contribution in [0.3, 0.4) is 0 Å². The number of phenols is 1. The van der Waals surface area contributed by atoms with Gasteiger partial charge in [-0.15, -0.1) is 4.91 Å². The molecule has 1 N–H and O–H groups in total. The summed E-state index contributed by atoms with van der Waals surface area (Å²) in [6.45, 7) is 4.27. The fourth-order valence-electron chi connectivity index (χ4n) is 3.26. The first-order valence-electron chi connectivity index (χ1n) is 8.13. The number of ether oxygens (including phenoxy) is 1. The van der Waals surface area contributed by atoms with Crippen LogP contribution in [0.25, 0.3) is 11.3 Å². The van der Waals surface area contributed by atoms with Gasteiger partial charge in [-0.25, -0.2) is 0 Å². The number of rotatable bonds is 4. The Hall–Kier alpha value is -2.96. The van der Waals surface area contributed by atoms with Gasteiger partial charge in [0.25, 0.3) is 0 Å². The van der Waals surface area contributed by atoms with E-state index in [0.29, 0.717) is 30.0 Å². The van der Waals surface area contributed by atoms with E-state index in [9.17, 15) is 19.6 Å². The summed E-state index contributed by atoms with van der Waals surface area (Å²) >= 11 is 0. The SMILES string of the molecule is CCOc1cc2c(cc1O)-c1cc(=O)c(C(=O)N=O)cn1[C@@H](CC)C2. The van der Waals surface area contributed by atoms with Crippen LogP contribution in [0.5, 0.6) is 11.5 Å². The predicted molar refractivity (Wildman–Crippen MR) is 92.1 cm³/mol. The maximum Gasteiger partial charge on any atom is 0.322 e. The minimum atomic E-state index is -1.07. The van der Waals surface area contributed by atoms with Crippen molar-refractivity contribution in [2.45, 2.75) is 32.7 Å². The maximum absolute atomic E-state index is 12.2. The lowest BCUT2D eigenvalue weighted by atomic mass is 9.90. The van der Waals surface area contributed by atoms with Gasteiger partial charge in [-0.2, -0.15) is 0 Å². The largest absolute Gasteiger partial charge is 0.504 e. The minimum absolute atomic E-state index is 0.00995. The Labute approximate surface area is 143 Å². The van der Waals surface area contributed by atoms with Gasteiger partial charge in [-0.05, 0) is 37.5 Å². The van der Waals surface area contributed by atoms with E-state index in [4.69, 9.17) is 4.74 Å². The van der Waals surface area contributed by atoms with Gasteiger partial charge < -0.3 is 14.4 Å². The van der Waals surface area contributed by atoms with Crippen LogP contribution in [-0.2, 0) is 6.42 Å². The smallest absolute Gasteiger partial charge is 0.322 e. The summed E-state index contributed by atoms with van der Waals surface area (Å²) in [5.74, 6) is -0.677. The number of pyridine rings is 1. The molecule has 2 aromatic rings. The van der Waals surface area contributed by atoms with Crippen LogP contribution in [0.4, 0.5) is 0 Å². The van der Waals surface area contributed by atoms with E-state index < -0.39 is 11.3 Å². The molecule has 25 heavy (non-hydrogen) atoms. The normalized spacial score (nSPS) is 15.2. The number of phenolic OH excluding ortho intramolecular Hbond substituents is 1. The third-order valence-electron chi connectivity index (χ3n) is 4.47. The molecule has 1 aliphatic heterocycles. The highest BCUT2D eigenvalue weighted by molar-refractivity contribution is 5.94. The summed E-state index contributed by atoms with van der Waals surface area (Å²) in [6, 6.07) is 4.69. The van der Waals surface area contributed by atoms with Gasteiger partial charge in [-0.1, -0.05) is 6.92 Å². The molecular formula is C18H18N2O5. The molecule has 1 aliphatic rings. The number of hydrogen-bond donors (Lipinski definition) is 1. The monoisotopic (exact) mass is 342 g/mol. The van der Waals surface area contributed by atoms with Crippen molar-refractivity contribution in [3.63, 3.8) is 0 Å². The maximum atomic E-state index is 12.2. The van der Waals surface area contributed by atoms with Crippen molar-refractivity contribution >= 4 is 5.91 Å². The highest BCUT2D eigenvalue weighted by Crippen LogP contribution is 2.41. The number of carbonyl (C=O) groups is 1. The standard InChI is InChI=1S/C18H18N2O5/c1-3-11-5-10-6-17(25-4-2)16(22)7-12(10)14-8-15(21)13(9-20(11)14)18(23)19-24/h6-9,11,22H,3-5H2,1-2H3/t11-/m0/s1. The third kappa shape index (κ3) is 2.82. The first kappa shape index (κ1) is 16.9. The summed E-state index contributed by atoms with van der Waals surface area (Å²) in [7, 11) is 0. The number of aromatic hydroxyl groups is 1. The molecule has 0 spiro atoms. The molecule has 1 aromatic heterocycles. The Morgan fingerprint density at radius 2 is 2.12 bits per heavy atom. The van der Waals surface area contributed by atoms with Crippen molar-refractivity contribution in [2.75, 3.05) is 6.61 Å². The molecule has 0 saturated carbocycles. The zero-order valence-electron chi connectivity index (χ0n) is 14.0. The molecule has 1 aromatic carbocycles. The quantitative estimate of drug-likeness (QED) is 0.861. The number of aromatic nitrogens is 1. The molecule has 0 saturated heterocycles. The first-order chi connectivity index (χ1) is 12.0. The van der Waals surface area contributed by atoms with Crippen LogP contribution in [-0.4, -0.2) is 22.2 Å². The van der Waals surface area contributed by atoms with Crippen molar-refractivity contribution < 1.29 is 14.6 Å². The lowest BCUT2D eigenvalue weighted by molar-refractivity contribution is 0.0999. The summed E-state index contributed by atoms with van der Waals surface area (Å²) in [6.07, 6.45) is 2.82. The summed E-state index contributed by atoms with van der Waals surface area (Å²) < 4.78 is 7.25. The van der Waals surface area contributed by atoms with Crippen LogP contribution in [0, 0.1) is 4.91 Å². The van der Waals surface area contributed by atoms with Crippen LogP contribution in [0.2, 0.25) is 0 Å². The van der Waals surface area contributed by atoms with Gasteiger partial charge in [0.15, 0.2) is 16.9 Å². The lowest BCUT2D eigenvalue weighted by Gasteiger charge is -2.30. The number of carbonyl (C=O) groups excluding carboxylic acids is 1. The van der Waals surface area contributed by atoms with E-state index in [-0.39, 0.29) is 17.4 Å². The fourth-order valence-corrected chi connectivity index (χ4v) is 3.26. The third-order valence-corrected chi connectivity index (χ3v) is 4.47. The van der Waals surface area contributed by atoms with E-state index in [1.165, 1.54) is 12.3 Å². The molecule has 1 atom stereocenters. The molecule has 130 valence electrons. The van der Waals surface area contributed by atoms with Crippen LogP contribution < -0.4 is 10.2 Å². The van der Waals surface area contributed by atoms with Crippen molar-refractivity contribution in [3.8, 4) is 22.8 Å². The van der Waals surface area contributed by atoms with E-state index in [1.54, 1.807) is 12.1 Å². The average molecular weight is 342 g/mol. The zero-order valence-corrected chi connectivity index (χ0v) is 14.0. The lowest BCUT2D eigenvalue weighted by Crippen LogP contribution is -2.25. The number of fused-ring (bicyclic) bond motifs is 3. The molecule has 2 heterocycles. The van der Waals surface area contributed by atoms with Gasteiger partial charge in [-0.3, -0.25) is 9.59 Å². The Morgan fingerprint density at radius 3 is 2.76 bits per heavy atom. The topological polar surface area (TPSA) is 98.0 Å². The Bertz CT molecular complexity index is 916. The van der Waals surface area contributed by atoms with Gasteiger partial charge in [0.1, 0.15) is 5.56 Å². The molecule has 0 unspecified atom stereocenters. The molecule has 3 rings (SSSR count). The van der Waals surface area contributed by atoms with Gasteiger partial charge >= 0.3 is 5.91 Å².